The number of hydrogen-bond acceptors (Lipinski definition) is 5. The summed E-state index contributed by atoms with van der Waals surface area (Å²) in [6.45, 7) is 4.31. The Morgan fingerprint density at radius 1 is 1.14 bits per heavy atom. The van der Waals surface area contributed by atoms with Crippen molar-refractivity contribution in [1.29, 1.82) is 0 Å². The molecule has 0 aliphatic carbocycles. The Hall–Kier alpha value is -3.04. The number of sulfonamides is 1. The van der Waals surface area contributed by atoms with Gasteiger partial charge in [0.25, 0.3) is 5.91 Å². The molecule has 8 nitrogen and oxygen atoms in total. The molecule has 2 unspecified atom stereocenters. The smallest absolute Gasteiger partial charge is 0.255 e. The van der Waals surface area contributed by atoms with Crippen molar-refractivity contribution < 1.29 is 22.8 Å². The lowest BCUT2D eigenvalue weighted by Gasteiger charge is -2.35. The van der Waals surface area contributed by atoms with E-state index in [0.29, 0.717) is 25.1 Å². The molecule has 2 fully saturated rings. The van der Waals surface area contributed by atoms with Gasteiger partial charge in [0.2, 0.25) is 21.8 Å². The second kappa shape index (κ2) is 9.91. The van der Waals surface area contributed by atoms with E-state index in [0.717, 1.165) is 24.8 Å². The summed E-state index contributed by atoms with van der Waals surface area (Å²) in [7, 11) is -3.69. The topological polar surface area (TPSA) is 113 Å². The highest BCUT2D eigenvalue weighted by atomic mass is 32.2. The average molecular weight is 498 g/mol. The first-order valence-corrected chi connectivity index (χ1v) is 13.5. The number of benzene rings is 2. The van der Waals surface area contributed by atoms with E-state index in [9.17, 15) is 22.8 Å². The lowest BCUT2D eigenvalue weighted by molar-refractivity contribution is -0.138. The number of hydrogen-bond donors (Lipinski definition) is 2. The molecule has 2 saturated heterocycles. The van der Waals surface area contributed by atoms with Crippen molar-refractivity contribution >= 4 is 33.4 Å². The molecule has 3 amide bonds. The second-order valence-electron chi connectivity index (χ2n) is 9.33. The van der Waals surface area contributed by atoms with Crippen LogP contribution in [0.25, 0.3) is 0 Å². The Kier molecular flexibility index (Phi) is 7.10. The molecule has 0 saturated carbocycles. The summed E-state index contributed by atoms with van der Waals surface area (Å²) in [5.74, 6) is -0.983. The molecular formula is C26H31N3O5S. The van der Waals surface area contributed by atoms with Crippen LogP contribution in [0.2, 0.25) is 0 Å². The van der Waals surface area contributed by atoms with Crippen molar-refractivity contribution in [2.75, 3.05) is 11.9 Å². The number of nitrogens with zero attached hydrogens (tertiary/aromatic N) is 1. The first-order chi connectivity index (χ1) is 16.7. The maximum atomic E-state index is 13.2. The van der Waals surface area contributed by atoms with E-state index < -0.39 is 21.3 Å². The van der Waals surface area contributed by atoms with Gasteiger partial charge in [0.05, 0.1) is 10.3 Å². The summed E-state index contributed by atoms with van der Waals surface area (Å²) < 4.78 is 27.8. The number of carbonyl (C=O) groups is 3. The van der Waals surface area contributed by atoms with Crippen molar-refractivity contribution in [3.8, 4) is 0 Å². The van der Waals surface area contributed by atoms with Gasteiger partial charge >= 0.3 is 0 Å². The fourth-order valence-electron chi connectivity index (χ4n) is 5.00. The number of rotatable bonds is 6. The molecule has 2 aliphatic heterocycles. The minimum Gasteiger partial charge on any atom is -0.322 e. The van der Waals surface area contributed by atoms with E-state index in [2.05, 4.69) is 10.6 Å². The molecule has 9 heteroatoms. The highest BCUT2D eigenvalue weighted by molar-refractivity contribution is 7.89. The van der Waals surface area contributed by atoms with Crippen LogP contribution >= 0.6 is 0 Å². The molecule has 4 rings (SSSR count). The maximum absolute atomic E-state index is 13.2. The van der Waals surface area contributed by atoms with E-state index >= 15 is 0 Å². The van der Waals surface area contributed by atoms with Crippen LogP contribution < -0.4 is 10.6 Å². The Morgan fingerprint density at radius 3 is 2.54 bits per heavy atom. The standard InChI is InChI=1S/C26H31N3O5S/c1-3-26(15-14-23(30)28-25(26)32)20-10-12-21(13-11-20)27-24(31)19-8-6-9-22(17-19)35(33,34)29-16-5-4-7-18(29)2/h6,8-13,17-18H,3-5,7,14-16H2,1-2H3,(H,27,31)(H,28,30,32). The summed E-state index contributed by atoms with van der Waals surface area (Å²) in [5, 5.41) is 5.23. The van der Waals surface area contributed by atoms with Crippen molar-refractivity contribution in [3.63, 3.8) is 0 Å². The van der Waals surface area contributed by atoms with Gasteiger partial charge < -0.3 is 5.32 Å². The van der Waals surface area contributed by atoms with Gasteiger partial charge in [-0.1, -0.05) is 31.5 Å². The third kappa shape index (κ3) is 4.88. The van der Waals surface area contributed by atoms with Gasteiger partial charge in [-0.3, -0.25) is 19.7 Å². The normalized spacial score (nSPS) is 23.5. The number of imide groups is 1. The van der Waals surface area contributed by atoms with Gasteiger partial charge in [0.15, 0.2) is 0 Å². The Bertz CT molecular complexity index is 1240. The van der Waals surface area contributed by atoms with Gasteiger partial charge in [-0.2, -0.15) is 4.31 Å². The van der Waals surface area contributed by atoms with Gasteiger partial charge in [-0.25, -0.2) is 8.42 Å². The van der Waals surface area contributed by atoms with Gasteiger partial charge in [-0.05, 0) is 68.5 Å². The molecule has 186 valence electrons. The predicted molar refractivity (Wildman–Crippen MR) is 132 cm³/mol. The largest absolute Gasteiger partial charge is 0.322 e. The van der Waals surface area contributed by atoms with Crippen LogP contribution in [-0.2, 0) is 25.0 Å². The fourth-order valence-corrected chi connectivity index (χ4v) is 6.75. The molecule has 35 heavy (non-hydrogen) atoms. The Balaban J connectivity index is 1.51. The fraction of sp³-hybridized carbons (Fsp3) is 0.423. The van der Waals surface area contributed by atoms with E-state index in [1.54, 1.807) is 36.4 Å². The third-order valence-corrected chi connectivity index (χ3v) is 9.22. The second-order valence-corrected chi connectivity index (χ2v) is 11.2. The van der Waals surface area contributed by atoms with Crippen LogP contribution in [0.3, 0.4) is 0 Å². The molecule has 2 aromatic carbocycles. The maximum Gasteiger partial charge on any atom is 0.255 e. The number of piperidine rings is 2. The first kappa shape index (κ1) is 25.1. The number of nitrogens with one attached hydrogen (secondary N) is 2. The lowest BCUT2D eigenvalue weighted by Crippen LogP contribution is -2.51. The van der Waals surface area contributed by atoms with Crippen LogP contribution in [0.15, 0.2) is 53.4 Å². The van der Waals surface area contributed by atoms with Crippen molar-refractivity contribution in [2.45, 2.75) is 68.7 Å². The first-order valence-electron chi connectivity index (χ1n) is 12.1. The molecule has 2 N–H and O–H groups in total. The molecule has 0 radical (unpaired) electrons. The zero-order valence-corrected chi connectivity index (χ0v) is 20.9. The number of anilines is 1. The Morgan fingerprint density at radius 2 is 1.89 bits per heavy atom. The average Bonchev–Trinajstić information content (AvgIpc) is 2.85. The number of carbonyl (C=O) groups excluding carboxylic acids is 3. The molecule has 2 atom stereocenters. The lowest BCUT2D eigenvalue weighted by atomic mass is 9.72. The highest BCUT2D eigenvalue weighted by Crippen LogP contribution is 2.36. The third-order valence-electron chi connectivity index (χ3n) is 7.21. The Labute approximate surface area is 206 Å². The summed E-state index contributed by atoms with van der Waals surface area (Å²) in [5.41, 5.74) is 0.780. The molecule has 0 aromatic heterocycles. The van der Waals surface area contributed by atoms with E-state index in [1.807, 2.05) is 13.8 Å². The summed E-state index contributed by atoms with van der Waals surface area (Å²) in [6.07, 6.45) is 3.94. The van der Waals surface area contributed by atoms with E-state index in [4.69, 9.17) is 0 Å². The van der Waals surface area contributed by atoms with Crippen molar-refractivity contribution in [3.05, 3.63) is 59.7 Å². The van der Waals surface area contributed by atoms with Gasteiger partial charge in [0.1, 0.15) is 0 Å². The van der Waals surface area contributed by atoms with Crippen LogP contribution in [0.1, 0.15) is 68.3 Å². The minimum atomic E-state index is -3.69. The predicted octanol–water partition coefficient (Wildman–Crippen LogP) is 3.59. The highest BCUT2D eigenvalue weighted by Gasteiger charge is 2.42. The van der Waals surface area contributed by atoms with Crippen molar-refractivity contribution in [2.24, 2.45) is 0 Å². The van der Waals surface area contributed by atoms with Gasteiger partial charge in [0, 0.05) is 30.3 Å². The molecule has 0 bridgehead atoms. The quantitative estimate of drug-likeness (QED) is 0.593. The zero-order chi connectivity index (χ0) is 25.2. The number of amides is 3. The van der Waals surface area contributed by atoms with Crippen LogP contribution in [0.4, 0.5) is 5.69 Å². The molecule has 2 heterocycles. The SMILES string of the molecule is CCC1(c2ccc(NC(=O)c3cccc(S(=O)(=O)N4CCCCC4C)c3)cc2)CCC(=O)NC1=O. The van der Waals surface area contributed by atoms with Crippen LogP contribution in [0, 0.1) is 0 Å². The summed E-state index contributed by atoms with van der Waals surface area (Å²) in [4.78, 5) is 37.2. The van der Waals surface area contributed by atoms with Gasteiger partial charge in [-0.15, -0.1) is 0 Å². The summed E-state index contributed by atoms with van der Waals surface area (Å²) in [6, 6.07) is 13.0. The molecule has 0 spiro atoms. The van der Waals surface area contributed by atoms with Crippen molar-refractivity contribution in [1.82, 2.24) is 9.62 Å². The van der Waals surface area contributed by atoms with Crippen LogP contribution in [0.5, 0.6) is 0 Å². The molecule has 2 aromatic rings. The van der Waals surface area contributed by atoms with Crippen LogP contribution in [-0.4, -0.2) is 43.0 Å². The molecular weight excluding hydrogens is 466 g/mol. The van der Waals surface area contributed by atoms with E-state index in [1.165, 1.54) is 16.4 Å². The minimum absolute atomic E-state index is 0.0690. The zero-order valence-electron chi connectivity index (χ0n) is 20.0. The monoisotopic (exact) mass is 497 g/mol. The summed E-state index contributed by atoms with van der Waals surface area (Å²) >= 11 is 0. The van der Waals surface area contributed by atoms with E-state index in [-0.39, 0.29) is 34.7 Å². The molecule has 2 aliphatic rings.